The summed E-state index contributed by atoms with van der Waals surface area (Å²) in [5, 5.41) is 0. The molecular weight excluding hydrogens is 448 g/mol. The lowest BCUT2D eigenvalue weighted by Gasteiger charge is -2.25. The SMILES string of the molecule is CCCCN(CCCC)c1ccc(-c2cccc(C)c2-c2ccc(N(CCCC)CCCC)cc2)cc1. The first-order valence-corrected chi connectivity index (χ1v) is 14.9. The molecule has 2 heteroatoms. The van der Waals surface area contributed by atoms with Crippen molar-refractivity contribution in [1.82, 2.24) is 0 Å². The quantitative estimate of drug-likeness (QED) is 0.194. The first kappa shape index (κ1) is 28.8. The molecule has 0 aliphatic rings. The van der Waals surface area contributed by atoms with Crippen LogP contribution in [0.5, 0.6) is 0 Å². The van der Waals surface area contributed by atoms with Crippen molar-refractivity contribution in [3.05, 3.63) is 72.3 Å². The van der Waals surface area contributed by atoms with Crippen LogP contribution in [0.4, 0.5) is 11.4 Å². The predicted molar refractivity (Wildman–Crippen MR) is 166 cm³/mol. The van der Waals surface area contributed by atoms with Gasteiger partial charge in [0.25, 0.3) is 0 Å². The van der Waals surface area contributed by atoms with Crippen molar-refractivity contribution < 1.29 is 0 Å². The maximum absolute atomic E-state index is 2.57. The summed E-state index contributed by atoms with van der Waals surface area (Å²) in [7, 11) is 0. The van der Waals surface area contributed by atoms with Gasteiger partial charge < -0.3 is 9.80 Å². The van der Waals surface area contributed by atoms with Crippen LogP contribution in [0.15, 0.2) is 66.7 Å². The number of hydrogen-bond donors (Lipinski definition) is 0. The van der Waals surface area contributed by atoms with Crippen molar-refractivity contribution in [3.8, 4) is 22.3 Å². The summed E-state index contributed by atoms with van der Waals surface area (Å²) < 4.78 is 0. The Labute approximate surface area is 227 Å². The van der Waals surface area contributed by atoms with E-state index in [9.17, 15) is 0 Å². The Morgan fingerprint density at radius 1 is 0.486 bits per heavy atom. The van der Waals surface area contributed by atoms with Gasteiger partial charge in [0.05, 0.1) is 0 Å². The summed E-state index contributed by atoms with van der Waals surface area (Å²) in [4.78, 5) is 5.13. The number of nitrogens with zero attached hydrogens (tertiary/aromatic N) is 2. The lowest BCUT2D eigenvalue weighted by molar-refractivity contribution is 0.678. The third kappa shape index (κ3) is 8.12. The molecule has 0 unspecified atom stereocenters. The van der Waals surface area contributed by atoms with Gasteiger partial charge >= 0.3 is 0 Å². The monoisotopic (exact) mass is 498 g/mol. The van der Waals surface area contributed by atoms with Crippen LogP contribution in [-0.4, -0.2) is 26.2 Å². The lowest BCUT2D eigenvalue weighted by atomic mass is 9.91. The van der Waals surface area contributed by atoms with Crippen molar-refractivity contribution in [3.63, 3.8) is 0 Å². The van der Waals surface area contributed by atoms with Crippen molar-refractivity contribution in [2.75, 3.05) is 36.0 Å². The Kier molecular flexibility index (Phi) is 12.1. The molecule has 3 aromatic rings. The Hall–Kier alpha value is -2.74. The summed E-state index contributed by atoms with van der Waals surface area (Å²) in [6.45, 7) is 15.9. The highest BCUT2D eigenvalue weighted by molar-refractivity contribution is 5.86. The number of rotatable bonds is 16. The van der Waals surface area contributed by atoms with E-state index in [0.29, 0.717) is 0 Å². The third-order valence-electron chi connectivity index (χ3n) is 7.46. The highest BCUT2D eigenvalue weighted by Crippen LogP contribution is 2.36. The molecule has 37 heavy (non-hydrogen) atoms. The standard InChI is InChI=1S/C35H50N2/c1-6-10-25-36(26-11-7-2)32-21-17-30(18-22-32)34-16-14-15-29(5)35(34)31-19-23-33(24-20-31)37(27-12-8-3)28-13-9-4/h14-24H,6-13,25-28H2,1-5H3. The number of unbranched alkanes of at least 4 members (excludes halogenated alkanes) is 4. The maximum Gasteiger partial charge on any atom is 0.0366 e. The number of aryl methyl sites for hydroxylation is 1. The molecule has 0 aliphatic heterocycles. The molecule has 3 rings (SSSR count). The normalized spacial score (nSPS) is 11.1. The Morgan fingerprint density at radius 3 is 1.30 bits per heavy atom. The van der Waals surface area contributed by atoms with Crippen LogP contribution in [0, 0.1) is 6.92 Å². The van der Waals surface area contributed by atoms with Gasteiger partial charge in [-0.15, -0.1) is 0 Å². The molecule has 3 aromatic carbocycles. The average molecular weight is 499 g/mol. The van der Waals surface area contributed by atoms with Crippen molar-refractivity contribution in [1.29, 1.82) is 0 Å². The summed E-state index contributed by atoms with van der Waals surface area (Å²) in [5.74, 6) is 0. The molecule has 0 radical (unpaired) electrons. The van der Waals surface area contributed by atoms with Gasteiger partial charge in [-0.1, -0.05) is 95.8 Å². The Bertz CT molecular complexity index is 1020. The second-order valence-corrected chi connectivity index (χ2v) is 10.5. The molecule has 2 nitrogen and oxygen atoms in total. The van der Waals surface area contributed by atoms with Crippen LogP contribution < -0.4 is 9.80 Å². The fraction of sp³-hybridized carbons (Fsp3) is 0.486. The molecular formula is C35H50N2. The minimum atomic E-state index is 1.14. The van der Waals surface area contributed by atoms with E-state index in [1.807, 2.05) is 0 Å². The summed E-state index contributed by atoms with van der Waals surface area (Å²) in [6, 6.07) is 25.4. The average Bonchev–Trinajstić information content (AvgIpc) is 2.93. The van der Waals surface area contributed by atoms with Crippen LogP contribution >= 0.6 is 0 Å². The molecule has 0 aromatic heterocycles. The van der Waals surface area contributed by atoms with Crippen molar-refractivity contribution in [2.45, 2.75) is 86.0 Å². The first-order chi connectivity index (χ1) is 18.1. The fourth-order valence-corrected chi connectivity index (χ4v) is 5.12. The van der Waals surface area contributed by atoms with E-state index in [4.69, 9.17) is 0 Å². The lowest BCUT2D eigenvalue weighted by Crippen LogP contribution is -2.25. The summed E-state index contributed by atoms with van der Waals surface area (Å²) >= 11 is 0. The third-order valence-corrected chi connectivity index (χ3v) is 7.46. The molecule has 0 spiro atoms. The predicted octanol–water partition coefficient (Wildman–Crippen LogP) is 10.1. The van der Waals surface area contributed by atoms with E-state index in [1.54, 1.807) is 0 Å². The van der Waals surface area contributed by atoms with Crippen molar-refractivity contribution in [2.24, 2.45) is 0 Å². The van der Waals surface area contributed by atoms with Crippen LogP contribution in [-0.2, 0) is 0 Å². The minimum absolute atomic E-state index is 1.14. The van der Waals surface area contributed by atoms with Crippen LogP contribution in [0.2, 0.25) is 0 Å². The van der Waals surface area contributed by atoms with Gasteiger partial charge in [-0.2, -0.15) is 0 Å². The second kappa shape index (κ2) is 15.5. The molecule has 0 bridgehead atoms. The van der Waals surface area contributed by atoms with E-state index in [0.717, 1.165) is 26.2 Å². The molecule has 200 valence electrons. The molecule has 0 fully saturated rings. The highest BCUT2D eigenvalue weighted by Gasteiger charge is 2.13. The van der Waals surface area contributed by atoms with Gasteiger partial charge in [0, 0.05) is 37.6 Å². The molecule has 0 aliphatic carbocycles. The zero-order valence-electron chi connectivity index (χ0n) is 24.2. The van der Waals surface area contributed by atoms with Gasteiger partial charge in [-0.3, -0.25) is 0 Å². The van der Waals surface area contributed by atoms with E-state index >= 15 is 0 Å². The van der Waals surface area contributed by atoms with E-state index < -0.39 is 0 Å². The first-order valence-electron chi connectivity index (χ1n) is 14.9. The van der Waals surface area contributed by atoms with Crippen molar-refractivity contribution >= 4 is 11.4 Å². The molecule has 0 saturated carbocycles. The molecule has 0 saturated heterocycles. The van der Waals surface area contributed by atoms with E-state index in [1.165, 1.54) is 90.6 Å². The van der Waals surface area contributed by atoms with Gasteiger partial charge in [0.1, 0.15) is 0 Å². The smallest absolute Gasteiger partial charge is 0.0366 e. The second-order valence-electron chi connectivity index (χ2n) is 10.5. The van der Waals surface area contributed by atoms with Gasteiger partial charge in [-0.05, 0) is 84.7 Å². The number of anilines is 2. The van der Waals surface area contributed by atoms with Gasteiger partial charge in [-0.25, -0.2) is 0 Å². The maximum atomic E-state index is 2.57. The molecule has 0 amide bonds. The molecule has 0 atom stereocenters. The molecule has 0 heterocycles. The van der Waals surface area contributed by atoms with Crippen LogP contribution in [0.25, 0.3) is 22.3 Å². The van der Waals surface area contributed by atoms with Gasteiger partial charge in [0.2, 0.25) is 0 Å². The van der Waals surface area contributed by atoms with E-state index in [2.05, 4.69) is 111 Å². The highest BCUT2D eigenvalue weighted by atomic mass is 15.1. The zero-order valence-corrected chi connectivity index (χ0v) is 24.2. The van der Waals surface area contributed by atoms with Crippen LogP contribution in [0.1, 0.15) is 84.6 Å². The molecule has 0 N–H and O–H groups in total. The Balaban J connectivity index is 1.88. The fourth-order valence-electron chi connectivity index (χ4n) is 5.12. The zero-order chi connectivity index (χ0) is 26.5. The summed E-state index contributed by atoms with van der Waals surface area (Å²) in [6.07, 6.45) is 9.94. The number of benzene rings is 3. The minimum Gasteiger partial charge on any atom is -0.372 e. The largest absolute Gasteiger partial charge is 0.372 e. The van der Waals surface area contributed by atoms with Crippen LogP contribution in [0.3, 0.4) is 0 Å². The Morgan fingerprint density at radius 2 is 0.892 bits per heavy atom. The van der Waals surface area contributed by atoms with E-state index in [-0.39, 0.29) is 0 Å². The van der Waals surface area contributed by atoms with Gasteiger partial charge in [0.15, 0.2) is 0 Å². The topological polar surface area (TPSA) is 6.48 Å². The number of hydrogen-bond acceptors (Lipinski definition) is 2. The summed E-state index contributed by atoms with van der Waals surface area (Å²) in [5.41, 5.74) is 9.30.